The lowest BCUT2D eigenvalue weighted by atomic mass is 9.93. The molecule has 5 heteroatoms. The van der Waals surface area contributed by atoms with Gasteiger partial charge < -0.3 is 15.2 Å². The Kier molecular flexibility index (Phi) is 4.39. The smallest absolute Gasteiger partial charge is 0.329 e. The summed E-state index contributed by atoms with van der Waals surface area (Å²) < 4.78 is 4.89. The normalized spacial score (nSPS) is 15.7. The zero-order chi connectivity index (χ0) is 14.6. The predicted molar refractivity (Wildman–Crippen MR) is 73.6 cm³/mol. The van der Waals surface area contributed by atoms with Crippen molar-refractivity contribution in [2.75, 3.05) is 19.8 Å². The van der Waals surface area contributed by atoms with Gasteiger partial charge in [-0.25, -0.2) is 4.79 Å². The minimum Gasteiger partial charge on any atom is -0.480 e. The van der Waals surface area contributed by atoms with Gasteiger partial charge in [-0.15, -0.1) is 0 Å². The van der Waals surface area contributed by atoms with Crippen LogP contribution in [0, 0.1) is 6.92 Å². The molecular weight excluding hydrogens is 258 g/mol. The van der Waals surface area contributed by atoms with Crippen molar-refractivity contribution in [1.82, 2.24) is 5.32 Å². The number of hydrogen-bond donors (Lipinski definition) is 2. The summed E-state index contributed by atoms with van der Waals surface area (Å²) in [5.74, 6) is -1.00. The molecule has 108 valence electrons. The van der Waals surface area contributed by atoms with Gasteiger partial charge in [-0.2, -0.15) is 0 Å². The Hall–Kier alpha value is -1.88. The molecule has 0 aliphatic heterocycles. The van der Waals surface area contributed by atoms with E-state index in [0.29, 0.717) is 6.54 Å². The van der Waals surface area contributed by atoms with E-state index >= 15 is 0 Å². The first-order valence-electron chi connectivity index (χ1n) is 6.69. The molecule has 0 atom stereocenters. The van der Waals surface area contributed by atoms with Crippen LogP contribution in [-0.2, 0) is 19.7 Å². The molecule has 0 aromatic heterocycles. The second-order valence-corrected chi connectivity index (χ2v) is 5.15. The molecule has 0 unspecified atom stereocenters. The van der Waals surface area contributed by atoms with Crippen LogP contribution in [0.25, 0.3) is 0 Å². The van der Waals surface area contributed by atoms with Crippen LogP contribution in [0.5, 0.6) is 0 Å². The fourth-order valence-electron chi connectivity index (χ4n) is 2.28. The largest absolute Gasteiger partial charge is 0.480 e. The lowest BCUT2D eigenvalue weighted by molar-refractivity contribution is -0.142. The molecule has 2 rings (SSSR count). The lowest BCUT2D eigenvalue weighted by Crippen LogP contribution is -2.36. The summed E-state index contributed by atoms with van der Waals surface area (Å²) in [5.41, 5.74) is 1.81. The Bertz CT molecular complexity index is 508. The van der Waals surface area contributed by atoms with E-state index in [4.69, 9.17) is 9.84 Å². The Morgan fingerprint density at radius 2 is 2.15 bits per heavy atom. The van der Waals surface area contributed by atoms with Crippen molar-refractivity contribution in [1.29, 1.82) is 0 Å². The first-order chi connectivity index (χ1) is 9.54. The van der Waals surface area contributed by atoms with Gasteiger partial charge in [-0.05, 0) is 25.3 Å². The maximum Gasteiger partial charge on any atom is 0.329 e. The number of aryl methyl sites for hydroxylation is 1. The summed E-state index contributed by atoms with van der Waals surface area (Å²) in [7, 11) is 0. The first-order valence-corrected chi connectivity index (χ1v) is 6.69. The lowest BCUT2D eigenvalue weighted by Gasteiger charge is -2.16. The van der Waals surface area contributed by atoms with Gasteiger partial charge in [0.05, 0.1) is 12.0 Å². The van der Waals surface area contributed by atoms with Gasteiger partial charge in [0.1, 0.15) is 6.61 Å². The minimum atomic E-state index is -1.00. The molecule has 20 heavy (non-hydrogen) atoms. The van der Waals surface area contributed by atoms with Gasteiger partial charge in [0, 0.05) is 6.54 Å². The quantitative estimate of drug-likeness (QED) is 0.735. The fourth-order valence-corrected chi connectivity index (χ4v) is 2.28. The Balaban J connectivity index is 1.85. The number of carbonyl (C=O) groups excluding carboxylic acids is 1. The van der Waals surface area contributed by atoms with E-state index in [0.717, 1.165) is 24.0 Å². The maximum atomic E-state index is 12.3. The first kappa shape index (κ1) is 14.5. The van der Waals surface area contributed by atoms with Gasteiger partial charge in [-0.3, -0.25) is 4.79 Å². The highest BCUT2D eigenvalue weighted by molar-refractivity contribution is 5.91. The van der Waals surface area contributed by atoms with Crippen LogP contribution in [0.1, 0.15) is 24.0 Å². The number of rotatable bonds is 7. The summed E-state index contributed by atoms with van der Waals surface area (Å²) >= 11 is 0. The van der Waals surface area contributed by atoms with Crippen molar-refractivity contribution in [2.24, 2.45) is 0 Å². The van der Waals surface area contributed by atoms with Crippen LogP contribution < -0.4 is 5.32 Å². The highest BCUT2D eigenvalue weighted by Crippen LogP contribution is 2.48. The molecule has 0 heterocycles. The van der Waals surface area contributed by atoms with E-state index in [-0.39, 0.29) is 19.1 Å². The third kappa shape index (κ3) is 3.36. The highest BCUT2D eigenvalue weighted by atomic mass is 16.5. The van der Waals surface area contributed by atoms with E-state index in [9.17, 15) is 9.59 Å². The third-order valence-corrected chi connectivity index (χ3v) is 3.51. The number of aliphatic carboxylic acids is 1. The van der Waals surface area contributed by atoms with Crippen LogP contribution in [0.4, 0.5) is 0 Å². The molecular formula is C15H19NO4. The molecule has 1 aromatic rings. The summed E-state index contributed by atoms with van der Waals surface area (Å²) in [5, 5.41) is 11.2. The summed E-state index contributed by atoms with van der Waals surface area (Å²) in [4.78, 5) is 22.5. The number of carboxylic acid groups (broad SMARTS) is 1. The van der Waals surface area contributed by atoms with Gasteiger partial charge in [0.2, 0.25) is 5.91 Å². The number of carbonyl (C=O) groups is 2. The zero-order valence-electron chi connectivity index (χ0n) is 11.5. The van der Waals surface area contributed by atoms with Crippen molar-refractivity contribution >= 4 is 11.9 Å². The zero-order valence-corrected chi connectivity index (χ0v) is 11.5. The molecule has 0 radical (unpaired) electrons. The Labute approximate surface area is 117 Å². The SMILES string of the molecule is Cc1cccc(C2(C(=O)NCCOCC(=O)O)CC2)c1. The minimum absolute atomic E-state index is 0.00188. The maximum absolute atomic E-state index is 12.3. The molecule has 1 amide bonds. The van der Waals surface area contributed by atoms with Crippen molar-refractivity contribution in [3.05, 3.63) is 35.4 Å². The standard InChI is InChI=1S/C15H19NO4/c1-11-3-2-4-12(9-11)15(5-6-15)14(19)16-7-8-20-10-13(17)18/h2-4,9H,5-8,10H2,1H3,(H,16,19)(H,17,18). The van der Waals surface area contributed by atoms with Crippen LogP contribution in [0.15, 0.2) is 24.3 Å². The average Bonchev–Trinajstić information content (AvgIpc) is 3.19. The Morgan fingerprint density at radius 3 is 2.75 bits per heavy atom. The molecule has 1 aliphatic carbocycles. The average molecular weight is 277 g/mol. The van der Waals surface area contributed by atoms with Crippen molar-refractivity contribution in [2.45, 2.75) is 25.2 Å². The number of benzene rings is 1. The molecule has 5 nitrogen and oxygen atoms in total. The van der Waals surface area contributed by atoms with Crippen molar-refractivity contribution in [3.63, 3.8) is 0 Å². The third-order valence-electron chi connectivity index (χ3n) is 3.51. The molecule has 0 spiro atoms. The molecule has 1 saturated carbocycles. The molecule has 0 bridgehead atoms. The molecule has 2 N–H and O–H groups in total. The van der Waals surface area contributed by atoms with E-state index in [1.807, 2.05) is 31.2 Å². The van der Waals surface area contributed by atoms with Crippen LogP contribution in [0.2, 0.25) is 0 Å². The second-order valence-electron chi connectivity index (χ2n) is 5.15. The summed E-state index contributed by atoms with van der Waals surface area (Å²) in [6.45, 7) is 2.22. The van der Waals surface area contributed by atoms with Gasteiger partial charge in [-0.1, -0.05) is 29.8 Å². The highest BCUT2D eigenvalue weighted by Gasteiger charge is 2.50. The Morgan fingerprint density at radius 1 is 1.40 bits per heavy atom. The number of carboxylic acids is 1. The van der Waals surface area contributed by atoms with Crippen LogP contribution >= 0.6 is 0 Å². The monoisotopic (exact) mass is 277 g/mol. The van der Waals surface area contributed by atoms with Crippen molar-refractivity contribution < 1.29 is 19.4 Å². The second kappa shape index (κ2) is 6.05. The van der Waals surface area contributed by atoms with Crippen molar-refractivity contribution in [3.8, 4) is 0 Å². The van der Waals surface area contributed by atoms with Gasteiger partial charge >= 0.3 is 5.97 Å². The molecule has 1 fully saturated rings. The van der Waals surface area contributed by atoms with Gasteiger partial charge in [0.25, 0.3) is 0 Å². The topological polar surface area (TPSA) is 75.6 Å². The van der Waals surface area contributed by atoms with E-state index in [1.54, 1.807) is 0 Å². The predicted octanol–water partition coefficient (Wildman–Crippen LogP) is 1.24. The summed E-state index contributed by atoms with van der Waals surface area (Å²) in [6.07, 6.45) is 1.72. The number of amides is 1. The molecule has 1 aliphatic rings. The summed E-state index contributed by atoms with van der Waals surface area (Å²) in [6, 6.07) is 8.01. The van der Waals surface area contributed by atoms with Crippen LogP contribution in [-0.4, -0.2) is 36.7 Å². The van der Waals surface area contributed by atoms with E-state index in [2.05, 4.69) is 5.32 Å². The van der Waals surface area contributed by atoms with E-state index < -0.39 is 11.4 Å². The molecule has 0 saturated heterocycles. The number of ether oxygens (including phenoxy) is 1. The van der Waals surface area contributed by atoms with Gasteiger partial charge in [0.15, 0.2) is 0 Å². The van der Waals surface area contributed by atoms with E-state index in [1.165, 1.54) is 0 Å². The number of hydrogen-bond acceptors (Lipinski definition) is 3. The fraction of sp³-hybridized carbons (Fsp3) is 0.467. The molecule has 1 aromatic carbocycles. The number of nitrogens with one attached hydrogen (secondary N) is 1. The van der Waals surface area contributed by atoms with Crippen LogP contribution in [0.3, 0.4) is 0 Å².